The second-order valence-corrected chi connectivity index (χ2v) is 4.99. The van der Waals surface area contributed by atoms with Gasteiger partial charge in [0.05, 0.1) is 12.7 Å². The molecule has 1 aliphatic carbocycles. The molecule has 0 bridgehead atoms. The maximum atomic E-state index is 12.8. The van der Waals surface area contributed by atoms with Crippen LogP contribution in [0.3, 0.4) is 0 Å². The molecule has 3 nitrogen and oxygen atoms in total. The van der Waals surface area contributed by atoms with E-state index in [0.717, 1.165) is 18.7 Å². The monoisotopic (exact) mass is 267 g/mol. The number of aliphatic hydroxyl groups is 1. The molecule has 106 valence electrons. The van der Waals surface area contributed by atoms with Gasteiger partial charge in [-0.25, -0.2) is 4.39 Å². The molecule has 0 saturated heterocycles. The van der Waals surface area contributed by atoms with E-state index in [1.54, 1.807) is 12.1 Å². The van der Waals surface area contributed by atoms with Crippen LogP contribution in [-0.4, -0.2) is 42.4 Å². The van der Waals surface area contributed by atoms with Gasteiger partial charge in [-0.2, -0.15) is 0 Å². The zero-order valence-corrected chi connectivity index (χ0v) is 11.4. The highest BCUT2D eigenvalue weighted by Crippen LogP contribution is 2.28. The number of hydrogen-bond acceptors (Lipinski definition) is 3. The highest BCUT2D eigenvalue weighted by molar-refractivity contribution is 5.18. The van der Waals surface area contributed by atoms with Gasteiger partial charge in [0.1, 0.15) is 5.82 Å². The Bertz CT molecular complexity index is 378. The zero-order valence-electron chi connectivity index (χ0n) is 11.4. The third-order valence-electron chi connectivity index (χ3n) is 3.45. The summed E-state index contributed by atoms with van der Waals surface area (Å²) >= 11 is 0. The minimum Gasteiger partial charge on any atom is -0.387 e. The van der Waals surface area contributed by atoms with E-state index in [1.807, 2.05) is 6.92 Å². The van der Waals surface area contributed by atoms with Crippen LogP contribution in [0.2, 0.25) is 0 Å². The molecule has 0 aliphatic heterocycles. The predicted molar refractivity (Wildman–Crippen MR) is 72.4 cm³/mol. The normalized spacial score (nSPS) is 16.8. The van der Waals surface area contributed by atoms with Crippen LogP contribution in [0, 0.1) is 5.82 Å². The first-order valence-corrected chi connectivity index (χ1v) is 6.96. The molecule has 0 heterocycles. The lowest BCUT2D eigenvalue weighted by Crippen LogP contribution is -2.33. The highest BCUT2D eigenvalue weighted by Gasteiger charge is 2.30. The van der Waals surface area contributed by atoms with Gasteiger partial charge < -0.3 is 9.84 Å². The summed E-state index contributed by atoms with van der Waals surface area (Å²) in [6, 6.07) is 6.65. The van der Waals surface area contributed by atoms with Crippen molar-refractivity contribution in [3.63, 3.8) is 0 Å². The first kappa shape index (κ1) is 14.4. The van der Waals surface area contributed by atoms with Crippen molar-refractivity contribution in [1.82, 2.24) is 4.90 Å². The van der Waals surface area contributed by atoms with Gasteiger partial charge in [0, 0.05) is 25.7 Å². The van der Waals surface area contributed by atoms with Crippen molar-refractivity contribution in [3.8, 4) is 0 Å². The predicted octanol–water partition coefficient (Wildman–Crippen LogP) is 2.36. The Morgan fingerprint density at radius 3 is 2.63 bits per heavy atom. The van der Waals surface area contributed by atoms with Gasteiger partial charge in [-0.1, -0.05) is 12.1 Å². The lowest BCUT2D eigenvalue weighted by Gasteiger charge is -2.25. The fourth-order valence-corrected chi connectivity index (χ4v) is 2.20. The number of benzene rings is 1. The summed E-state index contributed by atoms with van der Waals surface area (Å²) in [7, 11) is 0. The molecule has 2 rings (SSSR count). The molecular formula is C15H22FNO2. The lowest BCUT2D eigenvalue weighted by atomic mass is 10.1. The topological polar surface area (TPSA) is 32.7 Å². The third kappa shape index (κ3) is 4.56. The van der Waals surface area contributed by atoms with Crippen LogP contribution in [-0.2, 0) is 4.74 Å². The van der Waals surface area contributed by atoms with Gasteiger partial charge in [0.2, 0.25) is 0 Å². The van der Waals surface area contributed by atoms with Crippen LogP contribution in [0.25, 0.3) is 0 Å². The van der Waals surface area contributed by atoms with Crippen LogP contribution in [0.5, 0.6) is 0 Å². The average Bonchev–Trinajstić information content (AvgIpc) is 3.23. The summed E-state index contributed by atoms with van der Waals surface area (Å²) in [4.78, 5) is 2.27. The molecule has 1 aliphatic rings. The summed E-state index contributed by atoms with van der Waals surface area (Å²) in [5.74, 6) is -0.272. The molecule has 1 saturated carbocycles. The third-order valence-corrected chi connectivity index (χ3v) is 3.45. The summed E-state index contributed by atoms with van der Waals surface area (Å²) in [6.07, 6.45) is 1.83. The van der Waals surface area contributed by atoms with E-state index in [0.29, 0.717) is 19.2 Å². The van der Waals surface area contributed by atoms with Crippen molar-refractivity contribution in [2.24, 2.45) is 0 Å². The van der Waals surface area contributed by atoms with Gasteiger partial charge in [-0.15, -0.1) is 0 Å². The first-order valence-electron chi connectivity index (χ1n) is 6.96. The number of aliphatic hydroxyl groups excluding tert-OH is 1. The molecule has 0 radical (unpaired) electrons. The smallest absolute Gasteiger partial charge is 0.123 e. The fraction of sp³-hybridized carbons (Fsp3) is 0.600. The molecule has 1 unspecified atom stereocenters. The van der Waals surface area contributed by atoms with Gasteiger partial charge in [0.25, 0.3) is 0 Å². The van der Waals surface area contributed by atoms with Crippen molar-refractivity contribution < 1.29 is 14.2 Å². The Balaban J connectivity index is 1.87. The Kier molecular flexibility index (Phi) is 5.31. The molecule has 1 aromatic carbocycles. The van der Waals surface area contributed by atoms with Crippen LogP contribution in [0.4, 0.5) is 4.39 Å². The quantitative estimate of drug-likeness (QED) is 0.734. The van der Waals surface area contributed by atoms with Gasteiger partial charge in [-0.05, 0) is 37.5 Å². The van der Waals surface area contributed by atoms with Crippen LogP contribution in [0.15, 0.2) is 24.3 Å². The van der Waals surface area contributed by atoms with Gasteiger partial charge in [-0.3, -0.25) is 4.90 Å². The lowest BCUT2D eigenvalue weighted by molar-refractivity contribution is 0.0725. The summed E-state index contributed by atoms with van der Waals surface area (Å²) in [5, 5.41) is 10.2. The first-order chi connectivity index (χ1) is 9.20. The van der Waals surface area contributed by atoms with Gasteiger partial charge >= 0.3 is 0 Å². The van der Waals surface area contributed by atoms with E-state index in [4.69, 9.17) is 4.74 Å². The highest BCUT2D eigenvalue weighted by atomic mass is 19.1. The van der Waals surface area contributed by atoms with E-state index in [9.17, 15) is 9.50 Å². The standard InChI is InChI=1S/C15H22FNO2/c1-2-19-10-9-17(14-7-8-14)11-15(18)12-3-5-13(16)6-4-12/h3-6,14-15,18H,2,7-11H2,1H3. The number of rotatable bonds is 8. The van der Waals surface area contributed by atoms with E-state index in [2.05, 4.69) is 4.90 Å². The second kappa shape index (κ2) is 6.98. The van der Waals surface area contributed by atoms with E-state index < -0.39 is 6.10 Å². The average molecular weight is 267 g/mol. The summed E-state index contributed by atoms with van der Waals surface area (Å²) < 4.78 is 18.2. The van der Waals surface area contributed by atoms with E-state index in [1.165, 1.54) is 25.0 Å². The fourth-order valence-electron chi connectivity index (χ4n) is 2.20. The molecule has 1 aromatic rings. The Hall–Kier alpha value is -0.970. The largest absolute Gasteiger partial charge is 0.387 e. The molecule has 0 aromatic heterocycles. The van der Waals surface area contributed by atoms with Gasteiger partial charge in [0.15, 0.2) is 0 Å². The van der Waals surface area contributed by atoms with Crippen molar-refractivity contribution >= 4 is 0 Å². The SMILES string of the molecule is CCOCCN(CC(O)c1ccc(F)cc1)C1CC1. The molecule has 1 fully saturated rings. The Morgan fingerprint density at radius 1 is 1.37 bits per heavy atom. The minimum absolute atomic E-state index is 0.272. The number of halogens is 1. The molecule has 1 atom stereocenters. The number of nitrogens with zero attached hydrogens (tertiary/aromatic N) is 1. The van der Waals surface area contributed by atoms with Crippen LogP contribution in [0.1, 0.15) is 31.4 Å². The molecule has 0 amide bonds. The Morgan fingerprint density at radius 2 is 2.05 bits per heavy atom. The molecule has 19 heavy (non-hydrogen) atoms. The molecular weight excluding hydrogens is 245 g/mol. The molecule has 0 spiro atoms. The number of hydrogen-bond donors (Lipinski definition) is 1. The van der Waals surface area contributed by atoms with Crippen molar-refractivity contribution in [3.05, 3.63) is 35.6 Å². The summed E-state index contributed by atoms with van der Waals surface area (Å²) in [5.41, 5.74) is 0.767. The number of ether oxygens (including phenoxy) is 1. The van der Waals surface area contributed by atoms with Crippen molar-refractivity contribution in [1.29, 1.82) is 0 Å². The maximum absolute atomic E-state index is 12.8. The van der Waals surface area contributed by atoms with Crippen molar-refractivity contribution in [2.75, 3.05) is 26.3 Å². The minimum atomic E-state index is -0.567. The molecule has 4 heteroatoms. The maximum Gasteiger partial charge on any atom is 0.123 e. The Labute approximate surface area is 114 Å². The van der Waals surface area contributed by atoms with Crippen LogP contribution < -0.4 is 0 Å². The summed E-state index contributed by atoms with van der Waals surface area (Å²) in [6.45, 7) is 4.83. The van der Waals surface area contributed by atoms with Crippen molar-refractivity contribution in [2.45, 2.75) is 31.9 Å². The molecule has 1 N–H and O–H groups in total. The zero-order chi connectivity index (χ0) is 13.7. The van der Waals surface area contributed by atoms with E-state index >= 15 is 0 Å². The second-order valence-electron chi connectivity index (χ2n) is 4.99. The van der Waals surface area contributed by atoms with Crippen LogP contribution >= 0.6 is 0 Å². The van der Waals surface area contributed by atoms with E-state index in [-0.39, 0.29) is 5.82 Å².